The van der Waals surface area contributed by atoms with Crippen LogP contribution >= 0.6 is 0 Å². The number of carboxylic acids is 1. The lowest BCUT2D eigenvalue weighted by Gasteiger charge is -2.04. The van der Waals surface area contributed by atoms with Crippen molar-refractivity contribution >= 4 is 17.7 Å². The van der Waals surface area contributed by atoms with Gasteiger partial charge in [0.15, 0.2) is 5.78 Å². The number of aromatic nitrogens is 3. The summed E-state index contributed by atoms with van der Waals surface area (Å²) in [6.07, 6.45) is 0. The van der Waals surface area contributed by atoms with Gasteiger partial charge in [-0.3, -0.25) is 9.89 Å². The first-order valence-electron chi connectivity index (χ1n) is 5.67. The number of hydrogen-bond donors (Lipinski definition) is 3. The van der Waals surface area contributed by atoms with Crippen molar-refractivity contribution in [1.82, 2.24) is 15.2 Å². The van der Waals surface area contributed by atoms with Crippen molar-refractivity contribution in [2.24, 2.45) is 0 Å². The SMILES string of the molecule is COc1cccc(C(=O)CNc2n[nH]c(C(=O)O)n2)c1. The minimum absolute atomic E-state index is 0.0515. The molecule has 20 heavy (non-hydrogen) atoms. The standard InChI is InChI=1S/C12H12N4O4/c1-20-8-4-2-3-7(5-8)9(17)6-13-12-14-10(11(18)19)15-16-12/h2-5H,6H2,1H3,(H,18,19)(H2,13,14,15,16). The fraction of sp³-hybridized carbons (Fsp3) is 0.167. The van der Waals surface area contributed by atoms with Crippen molar-refractivity contribution in [2.75, 3.05) is 19.0 Å². The van der Waals surface area contributed by atoms with Gasteiger partial charge < -0.3 is 15.2 Å². The molecule has 0 radical (unpaired) electrons. The maximum Gasteiger partial charge on any atom is 0.373 e. The number of rotatable bonds is 6. The van der Waals surface area contributed by atoms with Crippen LogP contribution in [-0.2, 0) is 0 Å². The van der Waals surface area contributed by atoms with E-state index in [-0.39, 0.29) is 24.1 Å². The number of carboxylic acid groups (broad SMARTS) is 1. The number of methoxy groups -OCH3 is 1. The molecule has 0 atom stereocenters. The third kappa shape index (κ3) is 3.10. The normalized spacial score (nSPS) is 10.1. The highest BCUT2D eigenvalue weighted by atomic mass is 16.5. The molecule has 0 amide bonds. The van der Waals surface area contributed by atoms with Crippen LogP contribution in [0.2, 0.25) is 0 Å². The first-order chi connectivity index (χ1) is 9.60. The zero-order valence-corrected chi connectivity index (χ0v) is 10.6. The van der Waals surface area contributed by atoms with E-state index in [1.54, 1.807) is 24.3 Å². The molecule has 0 bridgehead atoms. The van der Waals surface area contributed by atoms with Gasteiger partial charge in [0, 0.05) is 5.56 Å². The Bertz CT molecular complexity index is 638. The Hall–Kier alpha value is -2.90. The van der Waals surface area contributed by atoms with Gasteiger partial charge in [-0.25, -0.2) is 4.79 Å². The Kier molecular flexibility index (Phi) is 3.94. The number of Topliss-reactive ketones (excluding diaryl/α,β-unsaturated/α-hetero) is 1. The molecule has 1 heterocycles. The zero-order chi connectivity index (χ0) is 14.5. The van der Waals surface area contributed by atoms with Gasteiger partial charge in [0.05, 0.1) is 13.7 Å². The van der Waals surface area contributed by atoms with Crippen molar-refractivity contribution in [1.29, 1.82) is 0 Å². The minimum Gasteiger partial charge on any atom is -0.497 e. The molecule has 0 saturated carbocycles. The first-order valence-corrected chi connectivity index (χ1v) is 5.67. The van der Waals surface area contributed by atoms with Crippen LogP contribution in [0.1, 0.15) is 21.0 Å². The van der Waals surface area contributed by atoms with Gasteiger partial charge in [-0.2, -0.15) is 4.98 Å². The molecule has 0 fully saturated rings. The highest BCUT2D eigenvalue weighted by molar-refractivity contribution is 5.99. The largest absolute Gasteiger partial charge is 0.497 e. The van der Waals surface area contributed by atoms with Crippen molar-refractivity contribution in [3.63, 3.8) is 0 Å². The number of carbonyl (C=O) groups excluding carboxylic acids is 1. The summed E-state index contributed by atoms with van der Waals surface area (Å²) in [5.74, 6) is -1.06. The second-order valence-corrected chi connectivity index (χ2v) is 3.82. The summed E-state index contributed by atoms with van der Waals surface area (Å²) >= 11 is 0. The second-order valence-electron chi connectivity index (χ2n) is 3.82. The monoisotopic (exact) mass is 276 g/mol. The summed E-state index contributed by atoms with van der Waals surface area (Å²) < 4.78 is 5.03. The van der Waals surface area contributed by atoms with E-state index >= 15 is 0 Å². The van der Waals surface area contributed by atoms with E-state index in [1.807, 2.05) is 0 Å². The number of benzene rings is 1. The van der Waals surface area contributed by atoms with Gasteiger partial charge >= 0.3 is 5.97 Å². The summed E-state index contributed by atoms with van der Waals surface area (Å²) in [7, 11) is 1.52. The van der Waals surface area contributed by atoms with Crippen LogP contribution in [-0.4, -0.2) is 45.7 Å². The summed E-state index contributed by atoms with van der Waals surface area (Å²) in [4.78, 5) is 26.2. The second kappa shape index (κ2) is 5.83. The number of carbonyl (C=O) groups is 2. The van der Waals surface area contributed by atoms with Gasteiger partial charge in [-0.1, -0.05) is 12.1 Å². The molecule has 2 rings (SSSR count). The maximum absolute atomic E-state index is 11.9. The highest BCUT2D eigenvalue weighted by Crippen LogP contribution is 2.13. The van der Waals surface area contributed by atoms with Crippen molar-refractivity contribution in [3.8, 4) is 5.75 Å². The molecular formula is C12H12N4O4. The van der Waals surface area contributed by atoms with Crippen molar-refractivity contribution in [2.45, 2.75) is 0 Å². The summed E-state index contributed by atoms with van der Waals surface area (Å²) in [6.45, 7) is -0.0515. The lowest BCUT2D eigenvalue weighted by molar-refractivity contribution is 0.0684. The summed E-state index contributed by atoms with van der Waals surface area (Å²) in [5.41, 5.74) is 0.478. The molecule has 1 aromatic carbocycles. The van der Waals surface area contributed by atoms with Crippen LogP contribution in [0.4, 0.5) is 5.95 Å². The molecule has 3 N–H and O–H groups in total. The maximum atomic E-state index is 11.9. The van der Waals surface area contributed by atoms with E-state index in [0.29, 0.717) is 11.3 Å². The molecule has 0 unspecified atom stereocenters. The fourth-order valence-corrected chi connectivity index (χ4v) is 1.49. The molecule has 0 aliphatic carbocycles. The molecule has 0 spiro atoms. The van der Waals surface area contributed by atoms with E-state index < -0.39 is 5.97 Å². The first kappa shape index (κ1) is 13.5. The molecule has 0 aliphatic rings. The third-order valence-electron chi connectivity index (χ3n) is 2.49. The lowest BCUT2D eigenvalue weighted by atomic mass is 10.1. The third-order valence-corrected chi connectivity index (χ3v) is 2.49. The number of ether oxygens (including phenoxy) is 1. The molecule has 8 nitrogen and oxygen atoms in total. The molecule has 2 aromatic rings. The zero-order valence-electron chi connectivity index (χ0n) is 10.6. The summed E-state index contributed by atoms with van der Waals surface area (Å²) in [5, 5.41) is 17.2. The number of anilines is 1. The molecule has 0 aliphatic heterocycles. The van der Waals surface area contributed by atoms with Crippen molar-refractivity contribution < 1.29 is 19.4 Å². The van der Waals surface area contributed by atoms with E-state index in [2.05, 4.69) is 20.5 Å². The van der Waals surface area contributed by atoms with E-state index in [1.165, 1.54) is 7.11 Å². The van der Waals surface area contributed by atoms with Crippen LogP contribution in [0.15, 0.2) is 24.3 Å². The van der Waals surface area contributed by atoms with Crippen LogP contribution in [0, 0.1) is 0 Å². The number of H-pyrrole nitrogens is 1. The van der Waals surface area contributed by atoms with E-state index in [4.69, 9.17) is 9.84 Å². The van der Waals surface area contributed by atoms with Crippen LogP contribution in [0.3, 0.4) is 0 Å². The van der Waals surface area contributed by atoms with E-state index in [9.17, 15) is 9.59 Å². The quantitative estimate of drug-likeness (QED) is 0.668. The molecular weight excluding hydrogens is 264 g/mol. The fourth-order valence-electron chi connectivity index (χ4n) is 1.49. The Morgan fingerprint density at radius 3 is 2.90 bits per heavy atom. The van der Waals surface area contributed by atoms with Gasteiger partial charge in [-0.05, 0) is 12.1 Å². The highest BCUT2D eigenvalue weighted by Gasteiger charge is 2.11. The Labute approximate surface area is 113 Å². The predicted octanol–water partition coefficient (Wildman–Crippen LogP) is 0.806. The Morgan fingerprint density at radius 2 is 2.25 bits per heavy atom. The summed E-state index contributed by atoms with van der Waals surface area (Å²) in [6, 6.07) is 6.72. The Balaban J connectivity index is 1.98. The number of hydrogen-bond acceptors (Lipinski definition) is 6. The van der Waals surface area contributed by atoms with Crippen LogP contribution in [0.5, 0.6) is 5.75 Å². The van der Waals surface area contributed by atoms with Gasteiger partial charge in [0.2, 0.25) is 11.8 Å². The number of ketones is 1. The van der Waals surface area contributed by atoms with Gasteiger partial charge in [-0.15, -0.1) is 5.10 Å². The number of aromatic carboxylic acids is 1. The van der Waals surface area contributed by atoms with Crippen LogP contribution in [0.25, 0.3) is 0 Å². The minimum atomic E-state index is -1.22. The number of aromatic amines is 1. The average Bonchev–Trinajstić information content (AvgIpc) is 2.94. The smallest absolute Gasteiger partial charge is 0.373 e. The van der Waals surface area contributed by atoms with Crippen molar-refractivity contribution in [3.05, 3.63) is 35.7 Å². The van der Waals surface area contributed by atoms with Gasteiger partial charge in [0.1, 0.15) is 5.75 Å². The molecule has 0 saturated heterocycles. The lowest BCUT2D eigenvalue weighted by Crippen LogP contribution is -2.15. The number of nitrogens with zero attached hydrogens (tertiary/aromatic N) is 2. The molecule has 1 aromatic heterocycles. The average molecular weight is 276 g/mol. The molecule has 104 valence electrons. The van der Waals surface area contributed by atoms with Gasteiger partial charge in [0.25, 0.3) is 0 Å². The molecule has 8 heteroatoms. The van der Waals surface area contributed by atoms with E-state index in [0.717, 1.165) is 0 Å². The van der Waals surface area contributed by atoms with Crippen LogP contribution < -0.4 is 10.1 Å². The predicted molar refractivity (Wildman–Crippen MR) is 69.2 cm³/mol. The number of nitrogens with one attached hydrogen (secondary N) is 2. The topological polar surface area (TPSA) is 117 Å². The Morgan fingerprint density at radius 1 is 1.45 bits per heavy atom.